The lowest BCUT2D eigenvalue weighted by Gasteiger charge is -2.50. The van der Waals surface area contributed by atoms with Crippen molar-refractivity contribution < 1.29 is 34.8 Å². The molecular weight excluding hydrogens is 490 g/mol. The van der Waals surface area contributed by atoms with Crippen LogP contribution < -0.4 is 5.73 Å². The highest BCUT2D eigenvalue weighted by Gasteiger charge is 2.64. The highest BCUT2D eigenvalue weighted by molar-refractivity contribution is 6.24. The standard InChI is InChI=1S/C28H27N3O7/c1-31(2)22-17-12-14-11-16-13(6-8-15-5-3-4-10-30-15)7-9-18(32)20(16)23(33)19(14)25(35)28(17,38)26(36)21(24(22)34)27(29)37/h3-10,14,17,22,32-33,36,38H,11-12H2,1-2H3,(H2,29,37)/b8-6+/t14-,17-,22-,28-/m1/s1. The van der Waals surface area contributed by atoms with Gasteiger partial charge in [0.05, 0.1) is 17.3 Å². The van der Waals surface area contributed by atoms with E-state index in [-0.39, 0.29) is 29.7 Å². The van der Waals surface area contributed by atoms with Crippen molar-refractivity contribution in [3.8, 4) is 5.75 Å². The quantitative estimate of drug-likeness (QED) is 0.377. The summed E-state index contributed by atoms with van der Waals surface area (Å²) in [5.74, 6) is -6.73. The van der Waals surface area contributed by atoms with Gasteiger partial charge in [0.1, 0.15) is 22.8 Å². The molecule has 1 aromatic heterocycles. The number of amides is 1. The van der Waals surface area contributed by atoms with Crippen molar-refractivity contribution in [1.82, 2.24) is 9.88 Å². The number of rotatable bonds is 4. The van der Waals surface area contributed by atoms with Gasteiger partial charge in [-0.2, -0.15) is 0 Å². The molecule has 0 radical (unpaired) electrons. The molecule has 0 unspecified atom stereocenters. The van der Waals surface area contributed by atoms with Gasteiger partial charge >= 0.3 is 0 Å². The maximum Gasteiger partial charge on any atom is 0.255 e. The highest BCUT2D eigenvalue weighted by Crippen LogP contribution is 2.53. The third kappa shape index (κ3) is 3.56. The molecule has 6 N–H and O–H groups in total. The van der Waals surface area contributed by atoms with E-state index in [1.807, 2.05) is 12.1 Å². The van der Waals surface area contributed by atoms with Gasteiger partial charge in [-0.05, 0) is 68.3 Å². The van der Waals surface area contributed by atoms with E-state index >= 15 is 0 Å². The zero-order valence-electron chi connectivity index (χ0n) is 20.8. The number of phenolic OH excluding ortho intramolecular Hbond substituents is 1. The zero-order valence-corrected chi connectivity index (χ0v) is 20.8. The third-order valence-corrected chi connectivity index (χ3v) is 7.76. The summed E-state index contributed by atoms with van der Waals surface area (Å²) in [6.45, 7) is 0. The first-order valence-electron chi connectivity index (χ1n) is 12.1. The van der Waals surface area contributed by atoms with E-state index in [1.165, 1.54) is 11.0 Å². The number of aromatic nitrogens is 1. The largest absolute Gasteiger partial charge is 0.508 e. The second-order valence-electron chi connectivity index (χ2n) is 10.1. The Bertz CT molecular complexity index is 1470. The minimum absolute atomic E-state index is 0.0326. The second kappa shape index (κ2) is 8.93. The van der Waals surface area contributed by atoms with Crippen molar-refractivity contribution in [2.45, 2.75) is 24.5 Å². The number of phenols is 1. The van der Waals surface area contributed by atoms with Crippen LogP contribution in [0.1, 0.15) is 28.8 Å². The Kier molecular flexibility index (Phi) is 5.96. The number of carbonyl (C=O) groups is 3. The van der Waals surface area contributed by atoms with Crippen LogP contribution in [0, 0.1) is 11.8 Å². The van der Waals surface area contributed by atoms with Gasteiger partial charge in [-0.15, -0.1) is 0 Å². The molecular formula is C28H27N3O7. The smallest absolute Gasteiger partial charge is 0.255 e. The molecule has 1 fully saturated rings. The monoisotopic (exact) mass is 517 g/mol. The average molecular weight is 518 g/mol. The maximum absolute atomic E-state index is 13.8. The molecule has 1 aromatic carbocycles. The number of hydrogen-bond donors (Lipinski definition) is 5. The minimum atomic E-state index is -2.66. The molecule has 1 amide bonds. The number of carbonyl (C=O) groups excluding carboxylic acids is 3. The number of pyridine rings is 1. The molecule has 10 heteroatoms. The number of ketones is 2. The Labute approximate surface area is 218 Å². The summed E-state index contributed by atoms with van der Waals surface area (Å²) in [4.78, 5) is 44.8. The van der Waals surface area contributed by atoms with E-state index in [4.69, 9.17) is 5.73 Å². The number of aliphatic hydroxyl groups excluding tert-OH is 2. The van der Waals surface area contributed by atoms with Crippen molar-refractivity contribution in [3.63, 3.8) is 0 Å². The van der Waals surface area contributed by atoms with Crippen LogP contribution in [-0.2, 0) is 20.8 Å². The molecule has 3 aliphatic rings. The van der Waals surface area contributed by atoms with Crippen LogP contribution in [0.5, 0.6) is 5.75 Å². The number of nitrogens with zero attached hydrogens (tertiary/aromatic N) is 2. The van der Waals surface area contributed by atoms with E-state index in [9.17, 15) is 34.8 Å². The maximum atomic E-state index is 13.8. The molecule has 4 atom stereocenters. The van der Waals surface area contributed by atoms with Gasteiger partial charge in [-0.1, -0.05) is 18.2 Å². The van der Waals surface area contributed by atoms with Gasteiger partial charge in [-0.3, -0.25) is 24.3 Å². The summed E-state index contributed by atoms with van der Waals surface area (Å²) in [5.41, 5.74) is 3.68. The molecule has 3 aliphatic carbocycles. The number of hydrogen-bond acceptors (Lipinski definition) is 9. The van der Waals surface area contributed by atoms with Crippen LogP contribution in [-0.4, -0.2) is 73.5 Å². The van der Waals surface area contributed by atoms with Crippen LogP contribution in [0.25, 0.3) is 17.9 Å². The average Bonchev–Trinajstić information content (AvgIpc) is 2.86. The number of benzene rings is 1. The molecule has 38 heavy (non-hydrogen) atoms. The third-order valence-electron chi connectivity index (χ3n) is 7.76. The van der Waals surface area contributed by atoms with Gasteiger partial charge in [-0.25, -0.2) is 0 Å². The Hall–Kier alpha value is -4.28. The predicted octanol–water partition coefficient (Wildman–Crippen LogP) is 1.53. The normalized spacial score (nSPS) is 27.0. The van der Waals surface area contributed by atoms with Crippen LogP contribution >= 0.6 is 0 Å². The predicted molar refractivity (Wildman–Crippen MR) is 137 cm³/mol. The first kappa shape index (κ1) is 25.4. The number of fused-ring (bicyclic) bond motifs is 3. The topological polar surface area (TPSA) is 174 Å². The van der Waals surface area contributed by atoms with E-state index in [2.05, 4.69) is 4.98 Å². The van der Waals surface area contributed by atoms with Crippen molar-refractivity contribution in [2.75, 3.05) is 14.1 Å². The molecule has 1 saturated carbocycles. The summed E-state index contributed by atoms with van der Waals surface area (Å²) in [7, 11) is 3.12. The summed E-state index contributed by atoms with van der Waals surface area (Å²) in [5, 5.41) is 44.5. The fourth-order valence-corrected chi connectivity index (χ4v) is 6.07. The van der Waals surface area contributed by atoms with E-state index in [0.29, 0.717) is 16.8 Å². The Morgan fingerprint density at radius 3 is 2.50 bits per heavy atom. The number of primary amides is 1. The lowest BCUT2D eigenvalue weighted by molar-refractivity contribution is -0.153. The lowest BCUT2D eigenvalue weighted by Crippen LogP contribution is -2.65. The highest BCUT2D eigenvalue weighted by atomic mass is 16.3. The van der Waals surface area contributed by atoms with Crippen molar-refractivity contribution in [3.05, 3.63) is 75.8 Å². The number of Topliss-reactive ketones (excluding diaryl/α,β-unsaturated/α-hetero) is 2. The fraction of sp³-hybridized carbons (Fsp3) is 0.286. The molecule has 0 saturated heterocycles. The number of nitrogens with two attached hydrogens (primary N) is 1. The first-order chi connectivity index (χ1) is 18.0. The van der Waals surface area contributed by atoms with E-state index in [0.717, 1.165) is 0 Å². The van der Waals surface area contributed by atoms with E-state index in [1.54, 1.807) is 44.6 Å². The summed E-state index contributed by atoms with van der Waals surface area (Å²) < 4.78 is 0. The summed E-state index contributed by atoms with van der Waals surface area (Å²) in [6.07, 6.45) is 5.47. The SMILES string of the molecule is CN(C)[C@H]1C(=O)C(C(N)=O)=C(O)[C@]2(O)C(=O)C3=C(O)c4c(O)ccc(/C=C/c5ccccn5)c4C[C@@H]3C[C@H]12. The van der Waals surface area contributed by atoms with Crippen molar-refractivity contribution in [2.24, 2.45) is 17.6 Å². The van der Waals surface area contributed by atoms with Gasteiger partial charge in [0.2, 0.25) is 5.78 Å². The summed E-state index contributed by atoms with van der Waals surface area (Å²) >= 11 is 0. The molecule has 0 aliphatic heterocycles. The van der Waals surface area contributed by atoms with Gasteiger partial charge in [0.15, 0.2) is 11.4 Å². The molecule has 1 heterocycles. The van der Waals surface area contributed by atoms with Crippen LogP contribution in [0.4, 0.5) is 0 Å². The number of aliphatic hydroxyl groups is 3. The minimum Gasteiger partial charge on any atom is -0.508 e. The zero-order chi connectivity index (χ0) is 27.5. The van der Waals surface area contributed by atoms with Crippen LogP contribution in [0.3, 0.4) is 0 Å². The summed E-state index contributed by atoms with van der Waals surface area (Å²) in [6, 6.07) is 7.41. The second-order valence-corrected chi connectivity index (χ2v) is 10.1. The lowest BCUT2D eigenvalue weighted by atomic mass is 9.57. The van der Waals surface area contributed by atoms with E-state index < -0.39 is 58.0 Å². The Balaban J connectivity index is 1.68. The van der Waals surface area contributed by atoms with Crippen molar-refractivity contribution >= 4 is 35.4 Å². The van der Waals surface area contributed by atoms with Gasteiger partial charge in [0.25, 0.3) is 5.91 Å². The number of likely N-dealkylation sites (N-methyl/N-ethyl adjacent to an activating group) is 1. The Morgan fingerprint density at radius 2 is 1.87 bits per heavy atom. The molecule has 5 rings (SSSR count). The molecule has 0 spiro atoms. The molecule has 10 nitrogen and oxygen atoms in total. The first-order valence-corrected chi connectivity index (χ1v) is 12.1. The van der Waals surface area contributed by atoms with Gasteiger partial charge in [0, 0.05) is 17.7 Å². The van der Waals surface area contributed by atoms with Crippen molar-refractivity contribution in [1.29, 1.82) is 0 Å². The molecule has 0 bridgehead atoms. The van der Waals surface area contributed by atoms with Crippen LogP contribution in [0.15, 0.2) is 53.4 Å². The van der Waals surface area contributed by atoms with Crippen LogP contribution in [0.2, 0.25) is 0 Å². The molecule has 2 aromatic rings. The number of aromatic hydroxyl groups is 1. The Morgan fingerprint density at radius 1 is 1.13 bits per heavy atom. The fourth-order valence-electron chi connectivity index (χ4n) is 6.07. The van der Waals surface area contributed by atoms with Gasteiger partial charge < -0.3 is 26.2 Å². The molecule has 196 valence electrons.